The van der Waals surface area contributed by atoms with Gasteiger partial charge in [-0.2, -0.15) is 0 Å². The van der Waals surface area contributed by atoms with Crippen molar-refractivity contribution < 1.29 is 19.4 Å². The Balaban J connectivity index is 1.95. The summed E-state index contributed by atoms with van der Waals surface area (Å²) in [6.07, 6.45) is 3.69. The van der Waals surface area contributed by atoms with Crippen LogP contribution in [-0.2, 0) is 0 Å². The van der Waals surface area contributed by atoms with E-state index in [9.17, 15) is 9.59 Å². The van der Waals surface area contributed by atoms with Gasteiger partial charge in [-0.15, -0.1) is 0 Å². The molecule has 0 fully saturated rings. The molecule has 0 radical (unpaired) electrons. The van der Waals surface area contributed by atoms with Crippen LogP contribution in [0.25, 0.3) is 0 Å². The fraction of sp³-hybridized carbons (Fsp3) is 0.462. The third-order valence-corrected chi connectivity index (χ3v) is 5.52. The summed E-state index contributed by atoms with van der Waals surface area (Å²) in [7, 11) is 8.39. The van der Waals surface area contributed by atoms with E-state index < -0.39 is 0 Å². The highest BCUT2D eigenvalue weighted by Crippen LogP contribution is 2.19. The number of carbonyl (C=O) groups excluding carboxylic acids is 2. The van der Waals surface area contributed by atoms with E-state index >= 15 is 0 Å². The molecule has 0 bridgehead atoms. The number of ketones is 2. The highest BCUT2D eigenvalue weighted by molar-refractivity contribution is 5.98. The van der Waals surface area contributed by atoms with Crippen molar-refractivity contribution in [2.75, 3.05) is 41.3 Å². The number of unbranched alkanes of at least 4 members (excludes halogenated alkanes) is 1. The molecule has 0 saturated carbocycles. The lowest BCUT2D eigenvalue weighted by atomic mass is 9.88. The van der Waals surface area contributed by atoms with E-state index in [1.54, 1.807) is 0 Å². The fourth-order valence-corrected chi connectivity index (χ4v) is 4.10. The molecule has 2 rings (SSSR count). The molecular weight excluding hydrogens is 372 g/mol. The minimum Gasteiger partial charge on any atom is -0.339 e. The van der Waals surface area contributed by atoms with E-state index in [0.29, 0.717) is 0 Å². The van der Waals surface area contributed by atoms with Gasteiger partial charge in [0.2, 0.25) is 0 Å². The Morgan fingerprint density at radius 1 is 0.633 bits per heavy atom. The predicted molar refractivity (Wildman–Crippen MR) is 122 cm³/mol. The zero-order valence-corrected chi connectivity index (χ0v) is 19.0. The molecule has 2 atom stereocenters. The molecule has 2 aromatic rings. The van der Waals surface area contributed by atoms with Gasteiger partial charge in [0.15, 0.2) is 11.6 Å². The number of hydrogen-bond donors (Lipinski definition) is 2. The van der Waals surface area contributed by atoms with Crippen molar-refractivity contribution in [3.8, 4) is 0 Å². The SMILES string of the molecule is C[NH+](C)C[C@@H](CCCC[C@@H](C[NH+](C)C)C(=O)c1ccccc1)C(=O)c1ccccc1. The first-order chi connectivity index (χ1) is 14.4. The van der Waals surface area contributed by atoms with Crippen molar-refractivity contribution in [2.24, 2.45) is 11.8 Å². The van der Waals surface area contributed by atoms with Crippen molar-refractivity contribution in [3.63, 3.8) is 0 Å². The minimum absolute atomic E-state index is 0.0279. The largest absolute Gasteiger partial charge is 0.339 e. The van der Waals surface area contributed by atoms with E-state index in [0.717, 1.165) is 49.9 Å². The highest BCUT2D eigenvalue weighted by atomic mass is 16.1. The van der Waals surface area contributed by atoms with Crippen molar-refractivity contribution in [1.29, 1.82) is 0 Å². The molecular formula is C26H38N2O2+2. The van der Waals surface area contributed by atoms with Gasteiger partial charge in [0.05, 0.1) is 53.1 Å². The summed E-state index contributed by atoms with van der Waals surface area (Å²) in [5.74, 6) is 0.540. The lowest BCUT2D eigenvalue weighted by Gasteiger charge is -2.20. The van der Waals surface area contributed by atoms with Crippen LogP contribution in [0.5, 0.6) is 0 Å². The molecule has 2 aromatic carbocycles. The average molecular weight is 411 g/mol. The summed E-state index contributed by atoms with van der Waals surface area (Å²) in [6, 6.07) is 19.2. The van der Waals surface area contributed by atoms with Gasteiger partial charge >= 0.3 is 0 Å². The molecule has 4 nitrogen and oxygen atoms in total. The summed E-state index contributed by atoms with van der Waals surface area (Å²) in [5.41, 5.74) is 1.61. The van der Waals surface area contributed by atoms with Gasteiger partial charge in [0.25, 0.3) is 0 Å². The number of rotatable bonds is 13. The van der Waals surface area contributed by atoms with Gasteiger partial charge in [-0.3, -0.25) is 9.59 Å². The van der Waals surface area contributed by atoms with Gasteiger partial charge in [0.1, 0.15) is 0 Å². The molecule has 162 valence electrons. The van der Waals surface area contributed by atoms with E-state index in [1.165, 1.54) is 9.80 Å². The van der Waals surface area contributed by atoms with Crippen LogP contribution in [0, 0.1) is 11.8 Å². The highest BCUT2D eigenvalue weighted by Gasteiger charge is 2.25. The molecule has 0 aliphatic carbocycles. The summed E-state index contributed by atoms with van der Waals surface area (Å²) in [6.45, 7) is 1.67. The number of nitrogens with one attached hydrogen (secondary N) is 2. The first kappa shape index (κ1) is 24.0. The second kappa shape index (κ2) is 12.4. The molecule has 30 heavy (non-hydrogen) atoms. The quantitative estimate of drug-likeness (QED) is 0.391. The van der Waals surface area contributed by atoms with Crippen molar-refractivity contribution in [2.45, 2.75) is 25.7 Å². The lowest BCUT2D eigenvalue weighted by molar-refractivity contribution is -0.861. The van der Waals surface area contributed by atoms with Crippen LogP contribution in [0.3, 0.4) is 0 Å². The smallest absolute Gasteiger partial charge is 0.171 e. The Morgan fingerprint density at radius 3 is 1.27 bits per heavy atom. The predicted octanol–water partition coefficient (Wildman–Crippen LogP) is 1.83. The number of carbonyl (C=O) groups is 2. The zero-order chi connectivity index (χ0) is 21.9. The first-order valence-corrected chi connectivity index (χ1v) is 11.1. The molecule has 2 N–H and O–H groups in total. The topological polar surface area (TPSA) is 43.0 Å². The van der Waals surface area contributed by atoms with E-state index in [2.05, 4.69) is 28.2 Å². The van der Waals surface area contributed by atoms with Crippen LogP contribution in [0.2, 0.25) is 0 Å². The van der Waals surface area contributed by atoms with Gasteiger partial charge in [0, 0.05) is 11.1 Å². The van der Waals surface area contributed by atoms with E-state index in [-0.39, 0.29) is 23.4 Å². The number of Topliss-reactive ketones (excluding diaryl/α,β-unsaturated/α-hetero) is 2. The summed E-state index contributed by atoms with van der Waals surface area (Å²) in [4.78, 5) is 28.5. The molecule has 0 aliphatic heterocycles. The third-order valence-electron chi connectivity index (χ3n) is 5.52. The third kappa shape index (κ3) is 7.85. The van der Waals surface area contributed by atoms with Gasteiger partial charge in [-0.1, -0.05) is 73.5 Å². The van der Waals surface area contributed by atoms with E-state index in [4.69, 9.17) is 0 Å². The maximum absolute atomic E-state index is 13.0. The minimum atomic E-state index is 0.0279. The number of quaternary nitrogens is 2. The number of benzene rings is 2. The van der Waals surface area contributed by atoms with Crippen LogP contribution in [0.1, 0.15) is 46.4 Å². The Hall–Kier alpha value is -2.30. The van der Waals surface area contributed by atoms with Crippen LogP contribution in [0.15, 0.2) is 60.7 Å². The van der Waals surface area contributed by atoms with Crippen molar-refractivity contribution >= 4 is 11.6 Å². The van der Waals surface area contributed by atoms with Crippen molar-refractivity contribution in [1.82, 2.24) is 0 Å². The summed E-state index contributed by atoms with van der Waals surface area (Å²) in [5, 5.41) is 0. The van der Waals surface area contributed by atoms with Gasteiger partial charge in [-0.25, -0.2) is 0 Å². The van der Waals surface area contributed by atoms with Crippen LogP contribution < -0.4 is 9.80 Å². The Morgan fingerprint density at radius 2 is 0.967 bits per heavy atom. The molecule has 0 spiro atoms. The van der Waals surface area contributed by atoms with Crippen LogP contribution in [-0.4, -0.2) is 52.8 Å². The van der Waals surface area contributed by atoms with E-state index in [1.807, 2.05) is 60.7 Å². The van der Waals surface area contributed by atoms with Crippen LogP contribution in [0.4, 0.5) is 0 Å². The second-order valence-electron chi connectivity index (χ2n) is 8.96. The first-order valence-electron chi connectivity index (χ1n) is 11.1. The van der Waals surface area contributed by atoms with Gasteiger partial charge < -0.3 is 9.80 Å². The maximum atomic E-state index is 13.0. The lowest BCUT2D eigenvalue weighted by Crippen LogP contribution is -3.06. The fourth-order valence-electron chi connectivity index (χ4n) is 4.10. The van der Waals surface area contributed by atoms with Gasteiger partial charge in [-0.05, 0) is 12.8 Å². The molecule has 4 heteroatoms. The molecule has 0 amide bonds. The molecule has 0 aliphatic rings. The summed E-state index contributed by atoms with van der Waals surface area (Å²) >= 11 is 0. The maximum Gasteiger partial charge on any atom is 0.171 e. The van der Waals surface area contributed by atoms with Crippen molar-refractivity contribution in [3.05, 3.63) is 71.8 Å². The molecule has 0 aromatic heterocycles. The normalized spacial score (nSPS) is 13.4. The van der Waals surface area contributed by atoms with Crippen LogP contribution >= 0.6 is 0 Å². The Kier molecular flexibility index (Phi) is 9.92. The average Bonchev–Trinajstić information content (AvgIpc) is 2.74. The number of hydrogen-bond acceptors (Lipinski definition) is 2. The second-order valence-corrected chi connectivity index (χ2v) is 8.96. The summed E-state index contributed by atoms with van der Waals surface area (Å²) < 4.78 is 0. The monoisotopic (exact) mass is 410 g/mol. The Labute approximate surface area is 181 Å². The molecule has 0 unspecified atom stereocenters. The standard InChI is InChI=1S/C26H36N2O2/c1-27(2)19-23(25(29)21-13-7-5-8-14-21)17-11-12-18-24(20-28(3)4)26(30)22-15-9-6-10-16-22/h5-10,13-16,23-24H,11-12,17-20H2,1-4H3/p+2/t23-,24+. The zero-order valence-electron chi connectivity index (χ0n) is 19.0. The molecule has 0 saturated heterocycles. The Bertz CT molecular complexity index is 705. The molecule has 0 heterocycles.